The zero-order valence-electron chi connectivity index (χ0n) is 16.2. The van der Waals surface area contributed by atoms with Crippen molar-refractivity contribution < 1.29 is 13.4 Å². The molecule has 1 aliphatic carbocycles. The van der Waals surface area contributed by atoms with E-state index >= 15 is 0 Å². The number of carbonyl (C=O) groups excluding carboxylic acids is 1. The zero-order chi connectivity index (χ0) is 20.0. The quantitative estimate of drug-likeness (QED) is 0.615. The third kappa shape index (κ3) is 4.89. The van der Waals surface area contributed by atoms with Gasteiger partial charge in [0.2, 0.25) is 0 Å². The first-order valence-electron chi connectivity index (χ1n) is 9.02. The van der Waals surface area contributed by atoms with Crippen molar-refractivity contribution in [2.75, 3.05) is 6.26 Å². The predicted molar refractivity (Wildman–Crippen MR) is 112 cm³/mol. The highest BCUT2D eigenvalue weighted by Crippen LogP contribution is 2.43. The van der Waals surface area contributed by atoms with Crippen LogP contribution in [-0.2, 0) is 15.6 Å². The van der Waals surface area contributed by atoms with E-state index in [1.807, 2.05) is 37.3 Å². The molecule has 0 fully saturated rings. The molecule has 0 heterocycles. The fourth-order valence-corrected chi connectivity index (χ4v) is 3.54. The molecule has 142 valence electrons. The number of rotatable bonds is 4. The number of allylic oxidation sites excluding steroid dienone is 3. The summed E-state index contributed by atoms with van der Waals surface area (Å²) in [6, 6.07) is 12.2. The van der Waals surface area contributed by atoms with Gasteiger partial charge < -0.3 is 4.79 Å². The lowest BCUT2D eigenvalue weighted by Gasteiger charge is -2.05. The minimum Gasteiger partial charge on any atom is -0.303 e. The fraction of sp³-hybridized carbons (Fsp3) is 0.261. The number of carbonyl (C=O) groups is 1. The Morgan fingerprint density at radius 2 is 1.67 bits per heavy atom. The van der Waals surface area contributed by atoms with Gasteiger partial charge in [0.25, 0.3) is 0 Å². The molecular formula is C23H25FO2S. The highest BCUT2D eigenvalue weighted by Gasteiger charge is 2.23. The van der Waals surface area contributed by atoms with Gasteiger partial charge in [0.05, 0.1) is 0 Å². The zero-order valence-corrected chi connectivity index (χ0v) is 17.0. The average molecular weight is 385 g/mol. The third-order valence-corrected chi connectivity index (χ3v) is 5.20. The number of aldehydes is 1. The summed E-state index contributed by atoms with van der Waals surface area (Å²) in [5.41, 5.74) is 5.56. The van der Waals surface area contributed by atoms with E-state index in [4.69, 9.17) is 0 Å². The Bertz CT molecular complexity index is 908. The molecule has 1 atom stereocenters. The van der Waals surface area contributed by atoms with Crippen molar-refractivity contribution in [1.82, 2.24) is 0 Å². The Balaban J connectivity index is 0.000000817. The van der Waals surface area contributed by atoms with Crippen molar-refractivity contribution in [3.63, 3.8) is 0 Å². The van der Waals surface area contributed by atoms with Crippen LogP contribution in [-0.4, -0.2) is 16.8 Å². The lowest BCUT2D eigenvalue weighted by molar-refractivity contribution is -0.107. The number of hydrogen-bond acceptors (Lipinski definition) is 2. The maximum atomic E-state index is 13.6. The summed E-state index contributed by atoms with van der Waals surface area (Å²) in [6.45, 7) is 6.21. The average Bonchev–Trinajstić information content (AvgIpc) is 2.88. The van der Waals surface area contributed by atoms with Gasteiger partial charge in [-0.2, -0.15) is 0 Å². The molecule has 0 radical (unpaired) electrons. The van der Waals surface area contributed by atoms with Crippen LogP contribution < -0.4 is 0 Å². The third-order valence-electron chi connectivity index (χ3n) is 4.26. The van der Waals surface area contributed by atoms with Crippen LogP contribution in [0.3, 0.4) is 0 Å². The summed E-state index contributed by atoms with van der Waals surface area (Å²) in [6.07, 6.45) is 6.04. The molecule has 0 aliphatic heterocycles. The first-order valence-corrected chi connectivity index (χ1v) is 10.6. The minimum atomic E-state index is -1.01. The summed E-state index contributed by atoms with van der Waals surface area (Å²) in [5, 5.41) is 0. The number of benzene rings is 2. The van der Waals surface area contributed by atoms with Crippen LogP contribution >= 0.6 is 0 Å². The van der Waals surface area contributed by atoms with E-state index in [9.17, 15) is 13.4 Å². The van der Waals surface area contributed by atoms with E-state index < -0.39 is 10.8 Å². The van der Waals surface area contributed by atoms with Crippen LogP contribution in [0.1, 0.15) is 50.3 Å². The van der Waals surface area contributed by atoms with Gasteiger partial charge in [-0.15, -0.1) is 0 Å². The smallest absolute Gasteiger partial charge is 0.124 e. The maximum Gasteiger partial charge on any atom is 0.124 e. The van der Waals surface area contributed by atoms with E-state index in [-0.39, 0.29) is 12.2 Å². The molecule has 27 heavy (non-hydrogen) atoms. The summed E-state index contributed by atoms with van der Waals surface area (Å²) in [7, 11) is -1.01. The van der Waals surface area contributed by atoms with Gasteiger partial charge in [-0.1, -0.05) is 38.5 Å². The van der Waals surface area contributed by atoms with Gasteiger partial charge in [-0.3, -0.25) is 4.21 Å². The number of halogens is 1. The first kappa shape index (κ1) is 21.0. The lowest BCUT2D eigenvalue weighted by Crippen LogP contribution is -1.88. The molecule has 0 saturated heterocycles. The Morgan fingerprint density at radius 3 is 2.22 bits per heavy atom. The molecule has 2 aromatic rings. The molecule has 0 aromatic heterocycles. The van der Waals surface area contributed by atoms with Crippen molar-refractivity contribution in [3.05, 3.63) is 70.5 Å². The van der Waals surface area contributed by atoms with Crippen LogP contribution in [0.15, 0.2) is 52.9 Å². The molecule has 2 nitrogen and oxygen atoms in total. The molecule has 1 aliphatic rings. The minimum absolute atomic E-state index is 0.271. The van der Waals surface area contributed by atoms with Crippen LogP contribution in [0.4, 0.5) is 4.39 Å². The highest BCUT2D eigenvalue weighted by atomic mass is 32.2. The van der Waals surface area contributed by atoms with Gasteiger partial charge in [-0.25, -0.2) is 4.39 Å². The van der Waals surface area contributed by atoms with E-state index in [1.54, 1.807) is 12.3 Å². The second-order valence-corrected chi connectivity index (χ2v) is 7.83. The van der Waals surface area contributed by atoms with Crippen LogP contribution in [0.2, 0.25) is 0 Å². The first-order chi connectivity index (χ1) is 12.9. The van der Waals surface area contributed by atoms with Gasteiger partial charge in [0.1, 0.15) is 12.1 Å². The predicted octanol–water partition coefficient (Wildman–Crippen LogP) is 5.90. The monoisotopic (exact) mass is 384 g/mol. The molecule has 0 bridgehead atoms. The standard InChI is InChI=1S/C20H17FO2S.C3H8/c1-13-17(9-10-22)20-12-15(21)5-8-18(20)19(13)11-14-3-6-16(7-4-14)24(2)23;1-3-2/h3-8,10-12H,9H2,1-2H3;3H2,1-2H3/b19-11-;. The van der Waals surface area contributed by atoms with E-state index in [2.05, 4.69) is 13.8 Å². The molecule has 0 saturated carbocycles. The number of fused-ring (bicyclic) bond motifs is 1. The van der Waals surface area contributed by atoms with Crippen molar-refractivity contribution in [1.29, 1.82) is 0 Å². The molecule has 1 unspecified atom stereocenters. The van der Waals surface area contributed by atoms with Gasteiger partial charge in [0, 0.05) is 28.4 Å². The van der Waals surface area contributed by atoms with Crippen molar-refractivity contribution >= 4 is 34.3 Å². The molecular weight excluding hydrogens is 359 g/mol. The van der Waals surface area contributed by atoms with Gasteiger partial charge >= 0.3 is 0 Å². The Morgan fingerprint density at radius 1 is 1.04 bits per heavy atom. The van der Waals surface area contributed by atoms with Crippen molar-refractivity contribution in [2.45, 2.75) is 38.5 Å². The summed E-state index contributed by atoms with van der Waals surface area (Å²) in [4.78, 5) is 11.8. The van der Waals surface area contributed by atoms with Gasteiger partial charge in [-0.05, 0) is 70.7 Å². The van der Waals surface area contributed by atoms with E-state index in [0.717, 1.165) is 44.6 Å². The fourth-order valence-electron chi connectivity index (χ4n) is 3.02. The molecule has 2 aromatic carbocycles. The lowest BCUT2D eigenvalue weighted by atomic mass is 10.0. The van der Waals surface area contributed by atoms with Gasteiger partial charge in [0.15, 0.2) is 0 Å². The summed E-state index contributed by atoms with van der Waals surface area (Å²) >= 11 is 0. The highest BCUT2D eigenvalue weighted by molar-refractivity contribution is 7.84. The van der Waals surface area contributed by atoms with Crippen LogP contribution in [0.5, 0.6) is 0 Å². The maximum absolute atomic E-state index is 13.6. The normalized spacial score (nSPS) is 15.2. The van der Waals surface area contributed by atoms with E-state index in [0.29, 0.717) is 0 Å². The van der Waals surface area contributed by atoms with Crippen molar-refractivity contribution in [2.24, 2.45) is 0 Å². The molecule has 0 amide bonds. The Kier molecular flexibility index (Phi) is 7.43. The summed E-state index contributed by atoms with van der Waals surface area (Å²) < 4.78 is 25.1. The number of hydrogen-bond donors (Lipinski definition) is 0. The van der Waals surface area contributed by atoms with Crippen molar-refractivity contribution in [3.8, 4) is 0 Å². The summed E-state index contributed by atoms with van der Waals surface area (Å²) in [5.74, 6) is -0.305. The van der Waals surface area contributed by atoms with Crippen LogP contribution in [0, 0.1) is 5.82 Å². The largest absolute Gasteiger partial charge is 0.303 e. The molecule has 0 spiro atoms. The molecule has 4 heteroatoms. The SMILES string of the molecule is CC1=C(CC=O)c2cc(F)ccc2/C1=C\c1ccc(S(C)=O)cc1.CCC. The topological polar surface area (TPSA) is 34.1 Å². The molecule has 0 N–H and O–H groups in total. The Labute approximate surface area is 163 Å². The Hall–Kier alpha value is -2.33. The second kappa shape index (κ2) is 9.56. The second-order valence-electron chi connectivity index (χ2n) is 6.45. The van der Waals surface area contributed by atoms with E-state index in [1.165, 1.54) is 18.6 Å². The molecule has 3 rings (SSSR count). The van der Waals surface area contributed by atoms with Crippen LogP contribution in [0.25, 0.3) is 17.2 Å².